The SMILES string of the molecule is CCc1ccccc1Nc1cc(C(=O)NC2CCS(=O)(=O)C2)nc(C)n1. The number of para-hydroxylation sites is 1. The van der Waals surface area contributed by atoms with Gasteiger partial charge in [-0.25, -0.2) is 18.4 Å². The van der Waals surface area contributed by atoms with Crippen molar-refractivity contribution < 1.29 is 13.2 Å². The molecule has 3 rings (SSSR count). The second-order valence-electron chi connectivity index (χ2n) is 6.39. The summed E-state index contributed by atoms with van der Waals surface area (Å²) >= 11 is 0. The zero-order valence-electron chi connectivity index (χ0n) is 14.8. The lowest BCUT2D eigenvalue weighted by Gasteiger charge is -2.13. The number of aromatic nitrogens is 2. The maximum Gasteiger partial charge on any atom is 0.270 e. The van der Waals surface area contributed by atoms with Crippen molar-refractivity contribution in [2.75, 3.05) is 16.8 Å². The van der Waals surface area contributed by atoms with E-state index in [2.05, 4.69) is 27.5 Å². The van der Waals surface area contributed by atoms with E-state index < -0.39 is 9.84 Å². The maximum atomic E-state index is 12.5. The second-order valence-corrected chi connectivity index (χ2v) is 8.62. The number of rotatable bonds is 5. The molecule has 138 valence electrons. The fraction of sp³-hybridized carbons (Fsp3) is 0.389. The fourth-order valence-corrected chi connectivity index (χ4v) is 4.68. The largest absolute Gasteiger partial charge is 0.347 e. The van der Waals surface area contributed by atoms with Gasteiger partial charge in [0, 0.05) is 17.8 Å². The lowest BCUT2D eigenvalue weighted by molar-refractivity contribution is 0.0935. The highest BCUT2D eigenvalue weighted by Crippen LogP contribution is 2.21. The molecule has 1 amide bonds. The van der Waals surface area contributed by atoms with Crippen molar-refractivity contribution in [1.82, 2.24) is 15.3 Å². The van der Waals surface area contributed by atoms with Gasteiger partial charge in [0.25, 0.3) is 5.91 Å². The van der Waals surface area contributed by atoms with E-state index in [0.717, 1.165) is 17.7 Å². The molecule has 26 heavy (non-hydrogen) atoms. The predicted molar refractivity (Wildman–Crippen MR) is 100 cm³/mol. The molecule has 1 aromatic heterocycles. The van der Waals surface area contributed by atoms with E-state index in [1.165, 1.54) is 0 Å². The van der Waals surface area contributed by atoms with Crippen LogP contribution in [0.1, 0.15) is 35.2 Å². The van der Waals surface area contributed by atoms with Gasteiger partial charge in [-0.05, 0) is 31.4 Å². The number of carbonyl (C=O) groups excluding carboxylic acids is 1. The monoisotopic (exact) mass is 374 g/mol. The summed E-state index contributed by atoms with van der Waals surface area (Å²) in [5.41, 5.74) is 2.30. The minimum Gasteiger partial charge on any atom is -0.347 e. The van der Waals surface area contributed by atoms with Crippen molar-refractivity contribution in [1.29, 1.82) is 0 Å². The van der Waals surface area contributed by atoms with Gasteiger partial charge in [0.15, 0.2) is 9.84 Å². The standard InChI is InChI=1S/C18H22N4O3S/c1-3-13-6-4-5-7-15(13)22-17-10-16(19-12(2)20-17)18(23)21-14-8-9-26(24,25)11-14/h4-7,10,14H,3,8-9,11H2,1-2H3,(H,21,23)(H,19,20,22). The first-order valence-corrected chi connectivity index (χ1v) is 10.4. The second kappa shape index (κ2) is 7.41. The molecule has 1 saturated heterocycles. The van der Waals surface area contributed by atoms with Gasteiger partial charge in [0.1, 0.15) is 17.3 Å². The van der Waals surface area contributed by atoms with Crippen LogP contribution in [0, 0.1) is 6.92 Å². The first kappa shape index (κ1) is 18.3. The van der Waals surface area contributed by atoms with Crippen molar-refractivity contribution in [2.24, 2.45) is 0 Å². The van der Waals surface area contributed by atoms with Crippen molar-refractivity contribution >= 4 is 27.2 Å². The first-order valence-electron chi connectivity index (χ1n) is 8.58. The average molecular weight is 374 g/mol. The molecule has 0 spiro atoms. The van der Waals surface area contributed by atoms with Crippen LogP contribution in [0.25, 0.3) is 0 Å². The quantitative estimate of drug-likeness (QED) is 0.830. The Morgan fingerprint density at radius 2 is 2.04 bits per heavy atom. The summed E-state index contributed by atoms with van der Waals surface area (Å²) in [5, 5.41) is 5.99. The maximum absolute atomic E-state index is 12.5. The first-order chi connectivity index (χ1) is 12.4. The lowest BCUT2D eigenvalue weighted by atomic mass is 10.1. The molecule has 2 aromatic rings. The molecule has 7 nitrogen and oxygen atoms in total. The Hall–Kier alpha value is -2.48. The summed E-state index contributed by atoms with van der Waals surface area (Å²) in [6.07, 6.45) is 1.31. The summed E-state index contributed by atoms with van der Waals surface area (Å²) in [6.45, 7) is 3.79. The van der Waals surface area contributed by atoms with E-state index in [-0.39, 0.29) is 29.1 Å². The topological polar surface area (TPSA) is 101 Å². The van der Waals surface area contributed by atoms with Gasteiger partial charge in [-0.1, -0.05) is 25.1 Å². The highest BCUT2D eigenvalue weighted by Gasteiger charge is 2.29. The Morgan fingerprint density at radius 1 is 1.27 bits per heavy atom. The number of amides is 1. The molecule has 2 heterocycles. The Bertz CT molecular complexity index is 928. The summed E-state index contributed by atoms with van der Waals surface area (Å²) in [6, 6.07) is 9.12. The Labute approximate surface area is 153 Å². The number of hydrogen-bond acceptors (Lipinski definition) is 6. The third-order valence-electron chi connectivity index (χ3n) is 4.30. The molecular formula is C18H22N4O3S. The summed E-state index contributed by atoms with van der Waals surface area (Å²) in [4.78, 5) is 21.0. The van der Waals surface area contributed by atoms with Gasteiger partial charge < -0.3 is 10.6 Å². The summed E-state index contributed by atoms with van der Waals surface area (Å²) in [5.74, 6) is 0.708. The predicted octanol–water partition coefficient (Wildman–Crippen LogP) is 2.01. The van der Waals surface area contributed by atoms with E-state index in [4.69, 9.17) is 0 Å². The number of anilines is 2. The van der Waals surface area contributed by atoms with Crippen LogP contribution in [0.3, 0.4) is 0 Å². The summed E-state index contributed by atoms with van der Waals surface area (Å²) in [7, 11) is -3.05. The van der Waals surface area contributed by atoms with Crippen molar-refractivity contribution in [2.45, 2.75) is 32.7 Å². The van der Waals surface area contributed by atoms with Crippen molar-refractivity contribution in [3.63, 3.8) is 0 Å². The van der Waals surface area contributed by atoms with Gasteiger partial charge >= 0.3 is 0 Å². The number of nitrogens with one attached hydrogen (secondary N) is 2. The average Bonchev–Trinajstić information content (AvgIpc) is 2.93. The van der Waals surface area contributed by atoms with Crippen LogP contribution in [0.5, 0.6) is 0 Å². The van der Waals surface area contributed by atoms with Crippen LogP contribution in [0.2, 0.25) is 0 Å². The van der Waals surface area contributed by atoms with Gasteiger partial charge in [-0.2, -0.15) is 0 Å². The third-order valence-corrected chi connectivity index (χ3v) is 6.07. The molecule has 0 aliphatic carbocycles. The Kier molecular flexibility index (Phi) is 5.22. The molecule has 0 radical (unpaired) electrons. The van der Waals surface area contributed by atoms with Crippen molar-refractivity contribution in [3.8, 4) is 0 Å². The van der Waals surface area contributed by atoms with Crippen LogP contribution < -0.4 is 10.6 Å². The highest BCUT2D eigenvalue weighted by molar-refractivity contribution is 7.91. The summed E-state index contributed by atoms with van der Waals surface area (Å²) < 4.78 is 23.1. The smallest absolute Gasteiger partial charge is 0.270 e. The molecule has 2 N–H and O–H groups in total. The molecule has 1 unspecified atom stereocenters. The highest BCUT2D eigenvalue weighted by atomic mass is 32.2. The van der Waals surface area contributed by atoms with Gasteiger partial charge in [-0.3, -0.25) is 4.79 Å². The minimum atomic E-state index is -3.05. The van der Waals surface area contributed by atoms with Crippen LogP contribution in [-0.4, -0.2) is 41.8 Å². The molecule has 1 aliphatic heterocycles. The zero-order chi connectivity index (χ0) is 18.7. The molecule has 0 bridgehead atoms. The number of hydrogen-bond donors (Lipinski definition) is 2. The number of benzene rings is 1. The van der Waals surface area contributed by atoms with Gasteiger partial charge in [0.05, 0.1) is 11.5 Å². The molecule has 1 fully saturated rings. The normalized spacial score (nSPS) is 18.5. The number of sulfone groups is 1. The number of aryl methyl sites for hydroxylation is 2. The van der Waals surface area contributed by atoms with E-state index in [1.54, 1.807) is 13.0 Å². The van der Waals surface area contributed by atoms with E-state index in [0.29, 0.717) is 18.1 Å². The van der Waals surface area contributed by atoms with E-state index in [9.17, 15) is 13.2 Å². The van der Waals surface area contributed by atoms with E-state index in [1.807, 2.05) is 24.3 Å². The number of nitrogens with zero attached hydrogens (tertiary/aromatic N) is 2. The number of carbonyl (C=O) groups is 1. The lowest BCUT2D eigenvalue weighted by Crippen LogP contribution is -2.36. The van der Waals surface area contributed by atoms with Crippen LogP contribution >= 0.6 is 0 Å². The van der Waals surface area contributed by atoms with Crippen LogP contribution in [0.15, 0.2) is 30.3 Å². The van der Waals surface area contributed by atoms with Gasteiger partial charge in [-0.15, -0.1) is 0 Å². The molecular weight excluding hydrogens is 352 g/mol. The van der Waals surface area contributed by atoms with Gasteiger partial charge in [0.2, 0.25) is 0 Å². The molecule has 1 aliphatic rings. The molecule has 1 atom stereocenters. The molecule has 1 aromatic carbocycles. The van der Waals surface area contributed by atoms with E-state index >= 15 is 0 Å². The minimum absolute atomic E-state index is 0.0161. The van der Waals surface area contributed by atoms with Crippen molar-refractivity contribution in [3.05, 3.63) is 47.4 Å². The zero-order valence-corrected chi connectivity index (χ0v) is 15.6. The van der Waals surface area contributed by atoms with Crippen LogP contribution in [0.4, 0.5) is 11.5 Å². The molecule has 0 saturated carbocycles. The van der Waals surface area contributed by atoms with Crippen LogP contribution in [-0.2, 0) is 16.3 Å². The Balaban J connectivity index is 1.78. The third kappa shape index (κ3) is 4.37. The fourth-order valence-electron chi connectivity index (χ4n) is 3.00. The molecule has 8 heteroatoms. The Morgan fingerprint density at radius 3 is 2.73 bits per heavy atom.